The van der Waals surface area contributed by atoms with Crippen LogP contribution in [0.1, 0.15) is 6.92 Å². The highest BCUT2D eigenvalue weighted by atomic mass is 35.5. The Kier molecular flexibility index (Phi) is 6.83. The topological polar surface area (TPSA) is 68.8 Å². The number of hydrogen-bond acceptors (Lipinski definition) is 5. The number of rotatable bonds is 7. The SMILES string of the molecule is COc1cc(N[C@H](C)C(=O)Nc2cc(Cl)ccc2Cl)cc(OC)c1OC. The first kappa shape index (κ1) is 20.0. The van der Waals surface area contributed by atoms with Gasteiger partial charge < -0.3 is 24.8 Å². The standard InChI is InChI=1S/C18H20Cl2N2O4/c1-10(18(23)22-14-7-11(19)5-6-13(14)20)21-12-8-15(24-2)17(26-4)16(9-12)25-3/h5-10,21H,1-4H3,(H,22,23)/t10-/m1/s1. The first-order valence-electron chi connectivity index (χ1n) is 7.72. The Bertz CT molecular complexity index is 774. The zero-order valence-electron chi connectivity index (χ0n) is 14.9. The van der Waals surface area contributed by atoms with Crippen LogP contribution in [0.25, 0.3) is 0 Å². The normalized spacial score (nSPS) is 11.5. The lowest BCUT2D eigenvalue weighted by Gasteiger charge is -2.19. The molecule has 0 heterocycles. The fraction of sp³-hybridized carbons (Fsp3) is 0.278. The van der Waals surface area contributed by atoms with Gasteiger partial charge in [0.15, 0.2) is 11.5 Å². The van der Waals surface area contributed by atoms with Crippen molar-refractivity contribution in [2.24, 2.45) is 0 Å². The number of benzene rings is 2. The number of amides is 1. The highest BCUT2D eigenvalue weighted by Crippen LogP contribution is 2.40. The zero-order chi connectivity index (χ0) is 19.3. The number of halogens is 2. The van der Waals surface area contributed by atoms with Gasteiger partial charge in [-0.1, -0.05) is 23.2 Å². The lowest BCUT2D eigenvalue weighted by Crippen LogP contribution is -2.32. The molecular weight excluding hydrogens is 379 g/mol. The minimum atomic E-state index is -0.562. The molecule has 0 fully saturated rings. The summed E-state index contributed by atoms with van der Waals surface area (Å²) in [4.78, 5) is 12.4. The summed E-state index contributed by atoms with van der Waals surface area (Å²) in [6, 6.07) is 7.74. The second-order valence-electron chi connectivity index (χ2n) is 5.39. The molecule has 0 unspecified atom stereocenters. The summed E-state index contributed by atoms with van der Waals surface area (Å²) in [7, 11) is 4.58. The smallest absolute Gasteiger partial charge is 0.246 e. The van der Waals surface area contributed by atoms with E-state index in [1.54, 1.807) is 37.3 Å². The summed E-state index contributed by atoms with van der Waals surface area (Å²) < 4.78 is 15.9. The van der Waals surface area contributed by atoms with E-state index in [-0.39, 0.29) is 5.91 Å². The molecule has 0 aliphatic carbocycles. The van der Waals surface area contributed by atoms with Crippen molar-refractivity contribution in [3.8, 4) is 17.2 Å². The van der Waals surface area contributed by atoms with E-state index in [1.807, 2.05) is 0 Å². The van der Waals surface area contributed by atoms with Crippen LogP contribution in [0.15, 0.2) is 30.3 Å². The largest absolute Gasteiger partial charge is 0.493 e. The second kappa shape index (κ2) is 8.87. The summed E-state index contributed by atoms with van der Waals surface area (Å²) in [5.74, 6) is 1.17. The third-order valence-electron chi connectivity index (χ3n) is 3.63. The maximum absolute atomic E-state index is 12.4. The lowest BCUT2D eigenvalue weighted by atomic mass is 10.2. The van der Waals surface area contributed by atoms with Gasteiger partial charge in [-0.25, -0.2) is 0 Å². The van der Waals surface area contributed by atoms with Gasteiger partial charge in [0.25, 0.3) is 0 Å². The highest BCUT2D eigenvalue weighted by Gasteiger charge is 2.18. The van der Waals surface area contributed by atoms with Gasteiger partial charge in [-0.2, -0.15) is 0 Å². The quantitative estimate of drug-likeness (QED) is 0.720. The summed E-state index contributed by atoms with van der Waals surface area (Å²) in [6.45, 7) is 1.72. The van der Waals surface area contributed by atoms with Crippen molar-refractivity contribution in [1.82, 2.24) is 0 Å². The molecule has 1 atom stereocenters. The molecule has 0 aliphatic rings. The van der Waals surface area contributed by atoms with Gasteiger partial charge in [-0.3, -0.25) is 4.79 Å². The molecule has 0 bridgehead atoms. The van der Waals surface area contributed by atoms with Crippen molar-refractivity contribution < 1.29 is 19.0 Å². The van der Waals surface area contributed by atoms with Crippen molar-refractivity contribution in [3.05, 3.63) is 40.4 Å². The maximum Gasteiger partial charge on any atom is 0.246 e. The van der Waals surface area contributed by atoms with Crippen molar-refractivity contribution >= 4 is 40.5 Å². The molecule has 0 spiro atoms. The summed E-state index contributed by atoms with van der Waals surface area (Å²) in [6.07, 6.45) is 0. The molecule has 0 saturated carbocycles. The predicted molar refractivity (Wildman–Crippen MR) is 104 cm³/mol. The van der Waals surface area contributed by atoms with E-state index in [0.29, 0.717) is 38.7 Å². The van der Waals surface area contributed by atoms with Crippen LogP contribution in [0.3, 0.4) is 0 Å². The van der Waals surface area contributed by atoms with Crippen molar-refractivity contribution in [2.75, 3.05) is 32.0 Å². The number of nitrogens with one attached hydrogen (secondary N) is 2. The molecule has 8 heteroatoms. The Labute approximate surface area is 162 Å². The Morgan fingerprint density at radius 1 is 1.00 bits per heavy atom. The molecule has 6 nitrogen and oxygen atoms in total. The molecule has 1 amide bonds. The number of ether oxygens (including phenoxy) is 3. The highest BCUT2D eigenvalue weighted by molar-refractivity contribution is 6.35. The van der Waals surface area contributed by atoms with Crippen LogP contribution in [-0.4, -0.2) is 33.3 Å². The third kappa shape index (κ3) is 4.65. The number of carbonyl (C=O) groups excluding carboxylic acids is 1. The molecule has 2 aromatic rings. The maximum atomic E-state index is 12.4. The van der Waals surface area contributed by atoms with Crippen LogP contribution in [0, 0.1) is 0 Å². The van der Waals surface area contributed by atoms with Gasteiger partial charge in [-0.15, -0.1) is 0 Å². The van der Waals surface area contributed by atoms with Crippen molar-refractivity contribution in [3.63, 3.8) is 0 Å². The van der Waals surface area contributed by atoms with E-state index in [2.05, 4.69) is 10.6 Å². The zero-order valence-corrected chi connectivity index (χ0v) is 16.4. The number of methoxy groups -OCH3 is 3. The third-order valence-corrected chi connectivity index (χ3v) is 4.19. The van der Waals surface area contributed by atoms with Crippen LogP contribution in [0.4, 0.5) is 11.4 Å². The predicted octanol–water partition coefficient (Wildman–Crippen LogP) is 4.46. The molecule has 0 aromatic heterocycles. The number of hydrogen-bond donors (Lipinski definition) is 2. The molecule has 2 aromatic carbocycles. The van der Waals surface area contributed by atoms with E-state index >= 15 is 0 Å². The van der Waals surface area contributed by atoms with Gasteiger partial charge in [0.1, 0.15) is 6.04 Å². The van der Waals surface area contributed by atoms with Gasteiger partial charge in [0, 0.05) is 22.8 Å². The minimum absolute atomic E-state index is 0.275. The van der Waals surface area contributed by atoms with E-state index in [9.17, 15) is 4.79 Å². The van der Waals surface area contributed by atoms with Crippen molar-refractivity contribution in [1.29, 1.82) is 0 Å². The van der Waals surface area contributed by atoms with E-state index in [0.717, 1.165) is 0 Å². The van der Waals surface area contributed by atoms with Gasteiger partial charge in [-0.05, 0) is 25.1 Å². The van der Waals surface area contributed by atoms with Crippen LogP contribution in [0.2, 0.25) is 10.0 Å². The van der Waals surface area contributed by atoms with Crippen molar-refractivity contribution in [2.45, 2.75) is 13.0 Å². The molecular formula is C18H20Cl2N2O4. The summed E-state index contributed by atoms with van der Waals surface area (Å²) in [5.41, 5.74) is 1.09. The van der Waals surface area contributed by atoms with E-state index in [4.69, 9.17) is 37.4 Å². The van der Waals surface area contributed by atoms with Gasteiger partial charge in [0.05, 0.1) is 32.0 Å². The van der Waals surface area contributed by atoms with E-state index < -0.39 is 6.04 Å². The molecule has 140 valence electrons. The van der Waals surface area contributed by atoms with Crippen LogP contribution in [-0.2, 0) is 4.79 Å². The molecule has 2 N–H and O–H groups in total. The Balaban J connectivity index is 2.17. The first-order valence-corrected chi connectivity index (χ1v) is 8.47. The van der Waals surface area contributed by atoms with Gasteiger partial charge in [0.2, 0.25) is 11.7 Å². The Morgan fingerprint density at radius 2 is 1.62 bits per heavy atom. The first-order chi connectivity index (χ1) is 12.4. The average Bonchev–Trinajstić information content (AvgIpc) is 2.63. The molecule has 0 saturated heterocycles. The number of carbonyl (C=O) groups is 1. The molecule has 26 heavy (non-hydrogen) atoms. The molecule has 2 rings (SSSR count). The average molecular weight is 399 g/mol. The fourth-order valence-electron chi connectivity index (χ4n) is 2.31. The second-order valence-corrected chi connectivity index (χ2v) is 6.24. The Morgan fingerprint density at radius 3 is 2.15 bits per heavy atom. The summed E-state index contributed by atoms with van der Waals surface area (Å²) >= 11 is 12.0. The van der Waals surface area contributed by atoms with Crippen LogP contribution < -0.4 is 24.8 Å². The monoisotopic (exact) mass is 398 g/mol. The Hall–Kier alpha value is -2.31. The molecule has 0 radical (unpaired) electrons. The fourth-order valence-corrected chi connectivity index (χ4v) is 2.65. The van der Waals surface area contributed by atoms with Crippen LogP contribution >= 0.6 is 23.2 Å². The minimum Gasteiger partial charge on any atom is -0.493 e. The van der Waals surface area contributed by atoms with Crippen LogP contribution in [0.5, 0.6) is 17.2 Å². The number of anilines is 2. The molecule has 0 aliphatic heterocycles. The summed E-state index contributed by atoms with van der Waals surface area (Å²) in [5, 5.41) is 6.73. The van der Waals surface area contributed by atoms with Gasteiger partial charge >= 0.3 is 0 Å². The van der Waals surface area contributed by atoms with E-state index in [1.165, 1.54) is 21.3 Å². The lowest BCUT2D eigenvalue weighted by molar-refractivity contribution is -0.116.